The van der Waals surface area contributed by atoms with Crippen molar-refractivity contribution in [2.24, 2.45) is 0 Å². The number of hydrogen-bond acceptors (Lipinski definition) is 4. The lowest BCUT2D eigenvalue weighted by Crippen LogP contribution is -2.41. The summed E-state index contributed by atoms with van der Waals surface area (Å²) in [6.07, 6.45) is 2.50. The van der Waals surface area contributed by atoms with Gasteiger partial charge < -0.3 is 20.6 Å². The Bertz CT molecular complexity index is 909. The van der Waals surface area contributed by atoms with E-state index in [9.17, 15) is 4.79 Å². The maximum Gasteiger partial charge on any atom is 0.243 e. The summed E-state index contributed by atoms with van der Waals surface area (Å²) in [6, 6.07) is 3.69. The summed E-state index contributed by atoms with van der Waals surface area (Å²) in [4.78, 5) is 27.7. The summed E-state index contributed by atoms with van der Waals surface area (Å²) in [5, 5.41) is 6.16. The van der Waals surface area contributed by atoms with E-state index in [4.69, 9.17) is 0 Å². The number of hydrogen-bond donors (Lipinski definition) is 4. The number of carbonyl (C=O) groups is 1. The average Bonchev–Trinajstić information content (AvgIpc) is 3.22. The van der Waals surface area contributed by atoms with Crippen molar-refractivity contribution in [2.45, 2.75) is 32.9 Å². The minimum absolute atomic E-state index is 0.0867. The first-order chi connectivity index (χ1) is 11.6. The van der Waals surface area contributed by atoms with E-state index in [1.165, 1.54) is 5.56 Å². The summed E-state index contributed by atoms with van der Waals surface area (Å²) >= 11 is 0. The number of benzene rings is 1. The third-order valence-electron chi connectivity index (χ3n) is 4.67. The lowest BCUT2D eigenvalue weighted by atomic mass is 10.1. The van der Waals surface area contributed by atoms with Crippen molar-refractivity contribution in [1.82, 2.24) is 30.6 Å². The molecule has 3 aromatic rings. The maximum atomic E-state index is 12.5. The highest BCUT2D eigenvalue weighted by Crippen LogP contribution is 2.21. The van der Waals surface area contributed by atoms with E-state index in [1.54, 1.807) is 6.33 Å². The molecule has 1 aliphatic heterocycles. The SMILES string of the molecule is Cc1ccc2[nH]c(CNC(=O)[C@@H]3NCCc4[nH]cnc43)nc2c1C. The molecule has 124 valence electrons. The van der Waals surface area contributed by atoms with Crippen LogP contribution in [0.3, 0.4) is 0 Å². The zero-order chi connectivity index (χ0) is 16.7. The molecule has 4 N–H and O–H groups in total. The van der Waals surface area contributed by atoms with Crippen LogP contribution >= 0.6 is 0 Å². The van der Waals surface area contributed by atoms with Crippen molar-refractivity contribution in [1.29, 1.82) is 0 Å². The van der Waals surface area contributed by atoms with Gasteiger partial charge in [-0.1, -0.05) is 6.07 Å². The highest BCUT2D eigenvalue weighted by Gasteiger charge is 2.28. The van der Waals surface area contributed by atoms with Crippen molar-refractivity contribution in [3.05, 3.63) is 46.8 Å². The van der Waals surface area contributed by atoms with Crippen molar-refractivity contribution in [3.63, 3.8) is 0 Å². The molecule has 2 aromatic heterocycles. The van der Waals surface area contributed by atoms with Gasteiger partial charge in [0.1, 0.15) is 11.9 Å². The first-order valence-electron chi connectivity index (χ1n) is 8.11. The van der Waals surface area contributed by atoms with Gasteiger partial charge in [0.15, 0.2) is 0 Å². The number of aryl methyl sites for hydroxylation is 2. The number of nitrogens with one attached hydrogen (secondary N) is 4. The minimum atomic E-state index is -0.409. The molecular formula is C17H20N6O. The molecule has 0 spiro atoms. The summed E-state index contributed by atoms with van der Waals surface area (Å²) < 4.78 is 0. The van der Waals surface area contributed by atoms with Gasteiger partial charge >= 0.3 is 0 Å². The molecule has 0 fully saturated rings. The van der Waals surface area contributed by atoms with Crippen LogP contribution in [0.5, 0.6) is 0 Å². The van der Waals surface area contributed by atoms with Gasteiger partial charge in [-0.05, 0) is 31.0 Å². The molecule has 0 saturated heterocycles. The monoisotopic (exact) mass is 324 g/mol. The van der Waals surface area contributed by atoms with Crippen molar-refractivity contribution >= 4 is 16.9 Å². The number of nitrogens with zero attached hydrogens (tertiary/aromatic N) is 2. The zero-order valence-corrected chi connectivity index (χ0v) is 13.7. The van der Waals surface area contributed by atoms with E-state index in [0.717, 1.165) is 46.8 Å². The molecule has 1 amide bonds. The minimum Gasteiger partial charge on any atom is -0.348 e. The molecule has 7 heteroatoms. The van der Waals surface area contributed by atoms with Crippen molar-refractivity contribution in [2.75, 3.05) is 6.54 Å². The van der Waals surface area contributed by atoms with Gasteiger partial charge in [0.05, 0.1) is 29.6 Å². The van der Waals surface area contributed by atoms with Gasteiger partial charge in [0, 0.05) is 18.7 Å². The van der Waals surface area contributed by atoms with Crippen LogP contribution in [-0.2, 0) is 17.8 Å². The fourth-order valence-electron chi connectivity index (χ4n) is 3.16. The van der Waals surface area contributed by atoms with Crippen LogP contribution in [0.1, 0.15) is 34.4 Å². The molecule has 0 saturated carbocycles. The average molecular weight is 324 g/mol. The molecule has 0 aliphatic carbocycles. The molecule has 0 radical (unpaired) electrons. The van der Waals surface area contributed by atoms with Gasteiger partial charge in [0.25, 0.3) is 0 Å². The second kappa shape index (κ2) is 5.76. The Morgan fingerprint density at radius 3 is 3.12 bits per heavy atom. The molecule has 3 heterocycles. The van der Waals surface area contributed by atoms with E-state index >= 15 is 0 Å². The van der Waals surface area contributed by atoms with Crippen molar-refractivity contribution in [3.8, 4) is 0 Å². The highest BCUT2D eigenvalue weighted by molar-refractivity contribution is 5.83. The number of H-pyrrole nitrogens is 2. The van der Waals surface area contributed by atoms with Crippen LogP contribution in [0.2, 0.25) is 0 Å². The summed E-state index contributed by atoms with van der Waals surface area (Å²) in [7, 11) is 0. The second-order valence-electron chi connectivity index (χ2n) is 6.21. The van der Waals surface area contributed by atoms with Crippen molar-refractivity contribution < 1.29 is 4.79 Å². The van der Waals surface area contributed by atoms with Crippen LogP contribution in [-0.4, -0.2) is 32.4 Å². The van der Waals surface area contributed by atoms with E-state index in [0.29, 0.717) is 6.54 Å². The van der Waals surface area contributed by atoms with Crippen LogP contribution in [0.4, 0.5) is 0 Å². The highest BCUT2D eigenvalue weighted by atomic mass is 16.2. The van der Waals surface area contributed by atoms with Crippen LogP contribution in [0.15, 0.2) is 18.5 Å². The maximum absolute atomic E-state index is 12.5. The van der Waals surface area contributed by atoms with E-state index in [2.05, 4.69) is 50.5 Å². The summed E-state index contributed by atoms with van der Waals surface area (Å²) in [5.74, 6) is 0.668. The standard InChI is InChI=1S/C17H20N6O/c1-9-3-4-12-14(10(9)2)23-13(22-12)7-19-17(24)16-15-11(5-6-18-16)20-8-21-15/h3-4,8,16,18H,5-7H2,1-2H3,(H,19,24)(H,20,21)(H,22,23)/t16-/m1/s1. The van der Waals surface area contributed by atoms with E-state index in [1.807, 2.05) is 6.07 Å². The van der Waals surface area contributed by atoms with Crippen LogP contribution in [0, 0.1) is 13.8 Å². The Balaban J connectivity index is 1.50. The Morgan fingerprint density at radius 2 is 2.25 bits per heavy atom. The third-order valence-corrected chi connectivity index (χ3v) is 4.67. The van der Waals surface area contributed by atoms with Crippen LogP contribution < -0.4 is 10.6 Å². The number of rotatable bonds is 3. The van der Waals surface area contributed by atoms with Crippen LogP contribution in [0.25, 0.3) is 11.0 Å². The zero-order valence-electron chi connectivity index (χ0n) is 13.7. The largest absolute Gasteiger partial charge is 0.348 e. The number of carbonyl (C=O) groups excluding carboxylic acids is 1. The summed E-state index contributed by atoms with van der Waals surface area (Å²) in [5.41, 5.74) is 6.15. The first kappa shape index (κ1) is 14.9. The quantitative estimate of drug-likeness (QED) is 0.585. The van der Waals surface area contributed by atoms with Gasteiger partial charge in [0.2, 0.25) is 5.91 Å². The predicted octanol–water partition coefficient (Wildman–Crippen LogP) is 1.41. The number of amides is 1. The Kier molecular flexibility index (Phi) is 3.57. The Hall–Kier alpha value is -2.67. The summed E-state index contributed by atoms with van der Waals surface area (Å²) in [6.45, 7) is 5.26. The number of imidazole rings is 2. The molecule has 1 aromatic carbocycles. The van der Waals surface area contributed by atoms with Gasteiger partial charge in [-0.25, -0.2) is 9.97 Å². The van der Waals surface area contributed by atoms with E-state index in [-0.39, 0.29) is 5.91 Å². The topological polar surface area (TPSA) is 98.5 Å². The molecule has 24 heavy (non-hydrogen) atoms. The van der Waals surface area contributed by atoms with Gasteiger partial charge in [-0.2, -0.15) is 0 Å². The predicted molar refractivity (Wildman–Crippen MR) is 90.4 cm³/mol. The van der Waals surface area contributed by atoms with E-state index < -0.39 is 6.04 Å². The van der Waals surface area contributed by atoms with Gasteiger partial charge in [-0.15, -0.1) is 0 Å². The third kappa shape index (κ3) is 2.46. The molecule has 1 atom stereocenters. The Labute approximate surface area is 139 Å². The molecular weight excluding hydrogens is 304 g/mol. The molecule has 0 bridgehead atoms. The number of aromatic nitrogens is 4. The lowest BCUT2D eigenvalue weighted by molar-refractivity contribution is -0.123. The normalized spacial score (nSPS) is 17.0. The molecule has 7 nitrogen and oxygen atoms in total. The second-order valence-corrected chi connectivity index (χ2v) is 6.21. The van der Waals surface area contributed by atoms with Gasteiger partial charge in [-0.3, -0.25) is 4.79 Å². The lowest BCUT2D eigenvalue weighted by Gasteiger charge is -2.21. The number of aromatic amines is 2. The molecule has 0 unspecified atom stereocenters. The fourth-order valence-corrected chi connectivity index (χ4v) is 3.16. The Morgan fingerprint density at radius 1 is 1.38 bits per heavy atom. The fraction of sp³-hybridized carbons (Fsp3) is 0.353. The molecule has 1 aliphatic rings. The smallest absolute Gasteiger partial charge is 0.243 e. The first-order valence-corrected chi connectivity index (χ1v) is 8.11. The number of fused-ring (bicyclic) bond motifs is 2. The molecule has 4 rings (SSSR count).